The van der Waals surface area contributed by atoms with Crippen LogP contribution in [-0.4, -0.2) is 10.2 Å². The summed E-state index contributed by atoms with van der Waals surface area (Å²) in [6.45, 7) is 4.61. The molecule has 2 nitrogen and oxygen atoms in total. The van der Waals surface area contributed by atoms with Crippen molar-refractivity contribution in [3.05, 3.63) is 35.3 Å². The minimum atomic E-state index is -0.369. The lowest BCUT2D eigenvalue weighted by Crippen LogP contribution is -2.48. The highest BCUT2D eigenvalue weighted by Crippen LogP contribution is 2.64. The Hall–Kier alpha value is -1.18. The van der Waals surface area contributed by atoms with Gasteiger partial charge in [0.25, 0.3) is 0 Å². The highest BCUT2D eigenvalue weighted by Gasteiger charge is 2.56. The summed E-state index contributed by atoms with van der Waals surface area (Å²) in [5.41, 5.74) is 1.34. The van der Waals surface area contributed by atoms with Crippen molar-refractivity contribution in [2.24, 2.45) is 28.6 Å². The first-order valence-corrected chi connectivity index (χ1v) is 8.47. The van der Waals surface area contributed by atoms with Gasteiger partial charge in [0.05, 0.1) is 5.41 Å². The van der Waals surface area contributed by atoms with Gasteiger partial charge >= 0.3 is 0 Å². The second kappa shape index (κ2) is 4.18. The smallest absolute Gasteiger partial charge is 0.140 e. The van der Waals surface area contributed by atoms with E-state index < -0.39 is 0 Å². The fourth-order valence-electron chi connectivity index (χ4n) is 5.92. The molecule has 0 aromatic heterocycles. The molecule has 0 radical (unpaired) electrons. The van der Waals surface area contributed by atoms with E-state index in [1.807, 2.05) is 0 Å². The third kappa shape index (κ3) is 1.59. The Morgan fingerprint density at radius 2 is 1.90 bits per heavy atom. The number of allylic oxidation sites excluding steroid dienone is 4. The molecule has 0 bridgehead atoms. The maximum Gasteiger partial charge on any atom is 0.140 e. The van der Waals surface area contributed by atoms with E-state index in [1.54, 1.807) is 0 Å². The van der Waals surface area contributed by atoms with Crippen LogP contribution in [0.5, 0.6) is 0 Å². The molecule has 4 rings (SSSR count). The van der Waals surface area contributed by atoms with Crippen LogP contribution in [0, 0.1) is 28.6 Å². The molecule has 4 aliphatic carbocycles. The third-order valence-corrected chi connectivity index (χ3v) is 7.23. The Labute approximate surface area is 127 Å². The molecular weight excluding hydrogens is 260 g/mol. The van der Waals surface area contributed by atoms with Crippen LogP contribution in [0.15, 0.2) is 35.3 Å². The fraction of sp³-hybridized carbons (Fsp3) is 0.684. The van der Waals surface area contributed by atoms with Gasteiger partial charge < -0.3 is 10.2 Å². The minimum Gasteiger partial charge on any atom is -0.508 e. The topological polar surface area (TPSA) is 40.5 Å². The largest absolute Gasteiger partial charge is 0.508 e. The van der Waals surface area contributed by atoms with Crippen molar-refractivity contribution in [2.45, 2.75) is 52.4 Å². The van der Waals surface area contributed by atoms with E-state index in [2.05, 4.69) is 32.1 Å². The summed E-state index contributed by atoms with van der Waals surface area (Å²) in [5, 5.41) is 20.7. The van der Waals surface area contributed by atoms with E-state index in [4.69, 9.17) is 0 Å². The van der Waals surface area contributed by atoms with Crippen molar-refractivity contribution in [3.8, 4) is 0 Å². The van der Waals surface area contributed by atoms with Crippen LogP contribution in [0.4, 0.5) is 0 Å². The van der Waals surface area contributed by atoms with Gasteiger partial charge in [-0.25, -0.2) is 0 Å². The quantitative estimate of drug-likeness (QED) is 0.654. The highest BCUT2D eigenvalue weighted by atomic mass is 16.3. The number of hydrogen-bond donors (Lipinski definition) is 2. The van der Waals surface area contributed by atoms with Crippen LogP contribution in [0.3, 0.4) is 0 Å². The maximum absolute atomic E-state index is 10.6. The molecule has 2 fully saturated rings. The monoisotopic (exact) mass is 286 g/mol. The van der Waals surface area contributed by atoms with Gasteiger partial charge in [-0.2, -0.15) is 0 Å². The van der Waals surface area contributed by atoms with E-state index >= 15 is 0 Å². The average Bonchev–Trinajstić information content (AvgIpc) is 2.86. The number of hydrogen-bond acceptors (Lipinski definition) is 2. The Kier molecular flexibility index (Phi) is 2.68. The van der Waals surface area contributed by atoms with Crippen LogP contribution in [0.25, 0.3) is 0 Å². The molecule has 0 unspecified atom stereocenters. The lowest BCUT2D eigenvalue weighted by molar-refractivity contribution is 0.00550. The zero-order valence-electron chi connectivity index (χ0n) is 13.1. The van der Waals surface area contributed by atoms with Gasteiger partial charge in [-0.05, 0) is 61.3 Å². The van der Waals surface area contributed by atoms with Gasteiger partial charge in [0.1, 0.15) is 11.5 Å². The van der Waals surface area contributed by atoms with Crippen molar-refractivity contribution < 1.29 is 10.2 Å². The molecule has 2 N–H and O–H groups in total. The molecule has 0 aliphatic heterocycles. The molecular formula is C19H26O2. The second-order valence-electron chi connectivity index (χ2n) is 8.10. The van der Waals surface area contributed by atoms with Gasteiger partial charge in [0, 0.05) is 6.42 Å². The van der Waals surface area contributed by atoms with Crippen molar-refractivity contribution in [2.75, 3.05) is 0 Å². The lowest BCUT2D eigenvalue weighted by atomic mass is 9.50. The maximum atomic E-state index is 10.6. The Morgan fingerprint density at radius 1 is 1.10 bits per heavy atom. The summed E-state index contributed by atoms with van der Waals surface area (Å²) in [7, 11) is 0. The molecule has 2 heteroatoms. The molecule has 0 spiro atoms. The summed E-state index contributed by atoms with van der Waals surface area (Å²) in [6.07, 6.45) is 13.7. The molecule has 0 aromatic carbocycles. The summed E-state index contributed by atoms with van der Waals surface area (Å²) in [6, 6.07) is 0. The summed E-state index contributed by atoms with van der Waals surface area (Å²) >= 11 is 0. The average molecular weight is 286 g/mol. The van der Waals surface area contributed by atoms with Crippen molar-refractivity contribution >= 4 is 0 Å². The molecule has 4 aliphatic rings. The predicted molar refractivity (Wildman–Crippen MR) is 83.9 cm³/mol. The van der Waals surface area contributed by atoms with Crippen molar-refractivity contribution in [1.29, 1.82) is 0 Å². The number of aliphatic hydroxyl groups is 2. The first kappa shape index (κ1) is 13.5. The Balaban J connectivity index is 1.80. The second-order valence-corrected chi connectivity index (χ2v) is 8.10. The fourth-order valence-corrected chi connectivity index (χ4v) is 5.92. The molecule has 0 heterocycles. The van der Waals surface area contributed by atoms with Gasteiger partial charge in [-0.1, -0.05) is 31.6 Å². The van der Waals surface area contributed by atoms with Gasteiger partial charge in [-0.15, -0.1) is 0 Å². The number of fused-ring (bicyclic) bond motifs is 5. The predicted octanol–water partition coefficient (Wildman–Crippen LogP) is 5.05. The Bertz CT molecular complexity index is 570. The van der Waals surface area contributed by atoms with E-state index in [9.17, 15) is 10.2 Å². The molecule has 0 aromatic rings. The van der Waals surface area contributed by atoms with E-state index in [-0.39, 0.29) is 16.9 Å². The van der Waals surface area contributed by atoms with Gasteiger partial charge in [0.15, 0.2) is 0 Å². The van der Waals surface area contributed by atoms with Crippen molar-refractivity contribution in [1.82, 2.24) is 0 Å². The molecule has 2 saturated carbocycles. The zero-order chi connectivity index (χ0) is 14.8. The minimum absolute atomic E-state index is 0.176. The SMILES string of the molecule is C[C@@]12CCC[C@H]1[C@@H]1C=CC3=CCC(O)=C(O)[C@]3(C)[C@H]1CC2. The standard InChI is InChI=1S/C19H26O2/c1-18-10-3-4-14(18)13-7-5-12-6-8-16(20)17(21)19(12,2)15(13)9-11-18/h5-7,13-15,20-21H,3-4,8-11H2,1-2H3/t13-,14-,15-,18-,19-/m0/s1. The Morgan fingerprint density at radius 3 is 2.71 bits per heavy atom. The first-order valence-electron chi connectivity index (χ1n) is 8.47. The molecule has 5 atom stereocenters. The summed E-state index contributed by atoms with van der Waals surface area (Å²) in [5.74, 6) is 2.16. The number of aliphatic hydroxyl groups excluding tert-OH is 2. The van der Waals surface area contributed by atoms with Crippen molar-refractivity contribution in [3.63, 3.8) is 0 Å². The number of rotatable bonds is 0. The third-order valence-electron chi connectivity index (χ3n) is 7.23. The van der Waals surface area contributed by atoms with Crippen LogP contribution in [-0.2, 0) is 0 Å². The molecule has 21 heavy (non-hydrogen) atoms. The van der Waals surface area contributed by atoms with Crippen LogP contribution in [0.2, 0.25) is 0 Å². The lowest BCUT2D eigenvalue weighted by Gasteiger charge is -2.54. The van der Waals surface area contributed by atoms with Crippen LogP contribution < -0.4 is 0 Å². The molecule has 0 amide bonds. The zero-order valence-corrected chi connectivity index (χ0v) is 13.1. The van der Waals surface area contributed by atoms with Gasteiger partial charge in [0.2, 0.25) is 0 Å². The van der Waals surface area contributed by atoms with E-state index in [0.29, 0.717) is 23.7 Å². The molecule has 114 valence electrons. The van der Waals surface area contributed by atoms with Crippen LogP contribution in [0.1, 0.15) is 52.4 Å². The first-order chi connectivity index (χ1) is 9.97. The van der Waals surface area contributed by atoms with E-state index in [0.717, 1.165) is 12.3 Å². The van der Waals surface area contributed by atoms with E-state index in [1.165, 1.54) is 31.3 Å². The van der Waals surface area contributed by atoms with Gasteiger partial charge in [-0.3, -0.25) is 0 Å². The molecule has 0 saturated heterocycles. The van der Waals surface area contributed by atoms with Crippen LogP contribution >= 0.6 is 0 Å². The normalized spacial score (nSPS) is 48.5. The summed E-state index contributed by atoms with van der Waals surface area (Å²) < 4.78 is 0. The summed E-state index contributed by atoms with van der Waals surface area (Å²) in [4.78, 5) is 0. The highest BCUT2D eigenvalue weighted by molar-refractivity contribution is 5.43.